The second kappa shape index (κ2) is 11.4. The predicted molar refractivity (Wildman–Crippen MR) is 123 cm³/mol. The number of halogens is 3. The largest absolute Gasteiger partial charge is 0.468 e. The van der Waals surface area contributed by atoms with Gasteiger partial charge in [-0.15, -0.1) is 0 Å². The molecule has 3 heterocycles. The maximum Gasteiger partial charge on any atom is 0.422 e. The highest BCUT2D eigenvalue weighted by atomic mass is 19.4. The molecular weight excluding hydrogens is 461 g/mol. The van der Waals surface area contributed by atoms with Crippen LogP contribution in [0.1, 0.15) is 55.0 Å². The molecule has 7 nitrogen and oxygen atoms in total. The quantitative estimate of drug-likeness (QED) is 0.597. The molecule has 192 valence electrons. The van der Waals surface area contributed by atoms with Gasteiger partial charge >= 0.3 is 6.18 Å². The van der Waals surface area contributed by atoms with Crippen LogP contribution in [0.2, 0.25) is 0 Å². The maximum absolute atomic E-state index is 12.4. The molecule has 1 amide bonds. The van der Waals surface area contributed by atoms with Gasteiger partial charge in [0.05, 0.1) is 6.20 Å². The van der Waals surface area contributed by atoms with E-state index < -0.39 is 12.8 Å². The number of alkyl halides is 3. The highest BCUT2D eigenvalue weighted by Gasteiger charge is 2.29. The van der Waals surface area contributed by atoms with E-state index in [0.29, 0.717) is 24.0 Å². The van der Waals surface area contributed by atoms with Crippen LogP contribution in [-0.2, 0) is 24.1 Å². The third-order valence-electron chi connectivity index (χ3n) is 6.84. The van der Waals surface area contributed by atoms with E-state index >= 15 is 0 Å². The van der Waals surface area contributed by atoms with Gasteiger partial charge in [-0.25, -0.2) is 9.97 Å². The van der Waals surface area contributed by atoms with Crippen molar-refractivity contribution in [1.82, 2.24) is 20.2 Å². The zero-order valence-electron chi connectivity index (χ0n) is 20.1. The summed E-state index contributed by atoms with van der Waals surface area (Å²) in [6.07, 6.45) is 4.25. The number of nitrogens with zero attached hydrogens (tertiary/aromatic N) is 3. The van der Waals surface area contributed by atoms with Crippen LogP contribution in [0.25, 0.3) is 0 Å². The number of ether oxygens (including phenoxy) is 1. The number of carbonyl (C=O) groups is 1. The zero-order valence-corrected chi connectivity index (χ0v) is 20.1. The van der Waals surface area contributed by atoms with Crippen molar-refractivity contribution >= 4 is 5.91 Å². The third-order valence-corrected chi connectivity index (χ3v) is 6.84. The van der Waals surface area contributed by atoms with Crippen LogP contribution >= 0.6 is 0 Å². The summed E-state index contributed by atoms with van der Waals surface area (Å²) in [4.78, 5) is 23.1. The molecule has 1 aliphatic carbocycles. The highest BCUT2D eigenvalue weighted by molar-refractivity contribution is 5.77. The lowest BCUT2D eigenvalue weighted by Crippen LogP contribution is -2.39. The minimum Gasteiger partial charge on any atom is -0.468 e. The van der Waals surface area contributed by atoms with Crippen molar-refractivity contribution in [2.45, 2.75) is 70.5 Å². The maximum atomic E-state index is 12.4. The van der Waals surface area contributed by atoms with Gasteiger partial charge in [0.2, 0.25) is 17.7 Å². The first-order valence-corrected chi connectivity index (χ1v) is 12.3. The second-order valence-corrected chi connectivity index (χ2v) is 9.62. The molecule has 2 aromatic heterocycles. The summed E-state index contributed by atoms with van der Waals surface area (Å²) in [7, 11) is 0. The molecule has 0 bridgehead atoms. The Balaban J connectivity index is 1.16. The number of carbonyl (C=O) groups excluding carboxylic acids is 1. The number of hydrogen-bond acceptors (Lipinski definition) is 6. The van der Waals surface area contributed by atoms with Crippen LogP contribution in [0.3, 0.4) is 0 Å². The topological polar surface area (TPSA) is 80.5 Å². The summed E-state index contributed by atoms with van der Waals surface area (Å²) in [5, 5.41) is 3.11. The highest BCUT2D eigenvalue weighted by Crippen LogP contribution is 2.28. The summed E-state index contributed by atoms with van der Waals surface area (Å²) < 4.78 is 47.4. The molecule has 0 spiro atoms. The number of aryl methyl sites for hydroxylation is 1. The minimum absolute atomic E-state index is 0.0360. The Hall–Kier alpha value is -2.62. The Morgan fingerprint density at radius 3 is 2.69 bits per heavy atom. The Bertz CT molecular complexity index is 987. The SMILES string of the molecule is Cc1cnc(CC(=O)N[C@H]2CC[C@H](CCN3CCc4ccc(OCC(F)(F)F)nc4CC3)CC2)o1. The van der Waals surface area contributed by atoms with Crippen molar-refractivity contribution in [3.63, 3.8) is 0 Å². The molecule has 2 aliphatic rings. The zero-order chi connectivity index (χ0) is 24.8. The predicted octanol–water partition coefficient (Wildman–Crippen LogP) is 4.03. The molecule has 35 heavy (non-hydrogen) atoms. The van der Waals surface area contributed by atoms with Crippen LogP contribution in [0, 0.1) is 12.8 Å². The molecule has 2 aromatic rings. The monoisotopic (exact) mass is 494 g/mol. The van der Waals surface area contributed by atoms with E-state index in [1.54, 1.807) is 6.20 Å². The van der Waals surface area contributed by atoms with Crippen LogP contribution in [-0.4, -0.2) is 59.2 Å². The van der Waals surface area contributed by atoms with Gasteiger partial charge in [-0.1, -0.05) is 6.07 Å². The Morgan fingerprint density at radius 1 is 1.20 bits per heavy atom. The lowest BCUT2D eigenvalue weighted by Gasteiger charge is -2.30. The molecule has 1 aliphatic heterocycles. The number of hydrogen-bond donors (Lipinski definition) is 1. The molecule has 0 saturated heterocycles. The van der Waals surface area contributed by atoms with Gasteiger partial charge in [0, 0.05) is 37.3 Å². The second-order valence-electron chi connectivity index (χ2n) is 9.62. The van der Waals surface area contributed by atoms with Gasteiger partial charge in [0.15, 0.2) is 6.61 Å². The lowest BCUT2D eigenvalue weighted by molar-refractivity contribution is -0.154. The first-order valence-electron chi connectivity index (χ1n) is 12.3. The number of amides is 1. The van der Waals surface area contributed by atoms with Gasteiger partial charge in [0.1, 0.15) is 12.2 Å². The number of rotatable bonds is 8. The van der Waals surface area contributed by atoms with E-state index in [1.807, 2.05) is 13.0 Å². The first-order chi connectivity index (χ1) is 16.7. The van der Waals surface area contributed by atoms with Crippen molar-refractivity contribution in [2.75, 3.05) is 26.2 Å². The van der Waals surface area contributed by atoms with E-state index in [0.717, 1.165) is 69.4 Å². The standard InChI is InChI=1S/C25H33F3N4O3/c1-17-15-29-24(35-17)14-22(33)30-20-5-2-18(3-6-20)8-11-32-12-9-19-4-7-23(31-21(19)10-13-32)34-16-25(26,27)28/h4,7,15,18,20H,2-3,5-6,8-14,16H2,1H3,(H,30,33)/t18-,20-. The van der Waals surface area contributed by atoms with Crippen molar-refractivity contribution < 1.29 is 27.1 Å². The van der Waals surface area contributed by atoms with Crippen LogP contribution in [0.4, 0.5) is 13.2 Å². The lowest BCUT2D eigenvalue weighted by atomic mass is 9.84. The van der Waals surface area contributed by atoms with Crippen LogP contribution in [0.5, 0.6) is 5.88 Å². The van der Waals surface area contributed by atoms with Gasteiger partial charge in [-0.05, 0) is 63.5 Å². The van der Waals surface area contributed by atoms with Crippen molar-refractivity contribution in [1.29, 1.82) is 0 Å². The Labute approximate surface area is 203 Å². The molecule has 4 rings (SSSR count). The van der Waals surface area contributed by atoms with E-state index in [-0.39, 0.29) is 24.2 Å². The van der Waals surface area contributed by atoms with Gasteiger partial charge in [-0.3, -0.25) is 4.79 Å². The van der Waals surface area contributed by atoms with E-state index in [2.05, 4.69) is 20.2 Å². The van der Waals surface area contributed by atoms with Crippen LogP contribution < -0.4 is 10.1 Å². The molecule has 1 saturated carbocycles. The summed E-state index contributed by atoms with van der Waals surface area (Å²) in [5.74, 6) is 1.80. The third kappa shape index (κ3) is 7.95. The van der Waals surface area contributed by atoms with E-state index in [9.17, 15) is 18.0 Å². The molecule has 10 heteroatoms. The average Bonchev–Trinajstić information content (AvgIpc) is 3.10. The average molecular weight is 495 g/mol. The van der Waals surface area contributed by atoms with Gasteiger partial charge in [-0.2, -0.15) is 13.2 Å². The number of oxazole rings is 1. The number of nitrogens with one attached hydrogen (secondary N) is 1. The molecule has 0 aromatic carbocycles. The van der Waals surface area contributed by atoms with Crippen molar-refractivity contribution in [3.05, 3.63) is 41.2 Å². The Kier molecular flexibility index (Phi) is 8.30. The number of fused-ring (bicyclic) bond motifs is 1. The molecule has 0 unspecified atom stereocenters. The van der Waals surface area contributed by atoms with Gasteiger partial charge in [0.25, 0.3) is 0 Å². The van der Waals surface area contributed by atoms with E-state index in [4.69, 9.17) is 9.15 Å². The summed E-state index contributed by atoms with van der Waals surface area (Å²) in [6.45, 7) is 3.25. The summed E-state index contributed by atoms with van der Waals surface area (Å²) >= 11 is 0. The molecule has 1 N–H and O–H groups in total. The molecule has 0 radical (unpaired) electrons. The fourth-order valence-corrected chi connectivity index (χ4v) is 4.93. The van der Waals surface area contributed by atoms with Crippen LogP contribution in [0.15, 0.2) is 22.7 Å². The minimum atomic E-state index is -4.37. The van der Waals surface area contributed by atoms with Crippen molar-refractivity contribution in [2.24, 2.45) is 5.92 Å². The first kappa shape index (κ1) is 25.5. The smallest absolute Gasteiger partial charge is 0.422 e. The normalized spacial score (nSPS) is 21.3. The van der Waals surface area contributed by atoms with E-state index in [1.165, 1.54) is 6.07 Å². The molecule has 1 fully saturated rings. The fraction of sp³-hybridized carbons (Fsp3) is 0.640. The summed E-state index contributed by atoms with van der Waals surface area (Å²) in [6, 6.07) is 3.59. The summed E-state index contributed by atoms with van der Waals surface area (Å²) in [5.41, 5.74) is 1.92. The number of aromatic nitrogens is 2. The Morgan fingerprint density at radius 2 is 1.97 bits per heavy atom. The number of pyridine rings is 1. The fourth-order valence-electron chi connectivity index (χ4n) is 4.93. The van der Waals surface area contributed by atoms with Crippen molar-refractivity contribution in [3.8, 4) is 5.88 Å². The molecular formula is C25H33F3N4O3. The van der Waals surface area contributed by atoms with Gasteiger partial charge < -0.3 is 19.4 Å². The molecule has 0 atom stereocenters.